The lowest BCUT2D eigenvalue weighted by Gasteiger charge is -2.24. The molecular weight excluding hydrogens is 308 g/mol. The van der Waals surface area contributed by atoms with E-state index in [0.29, 0.717) is 17.3 Å². The minimum Gasteiger partial charge on any atom is -0.324 e. The van der Waals surface area contributed by atoms with Gasteiger partial charge >= 0.3 is 0 Å². The number of nitrogens with zero attached hydrogens (tertiary/aromatic N) is 2. The van der Waals surface area contributed by atoms with Crippen molar-refractivity contribution in [3.8, 4) is 11.4 Å². The molecule has 2 aromatic carbocycles. The van der Waals surface area contributed by atoms with Crippen LogP contribution in [0.1, 0.15) is 12.8 Å². The summed E-state index contributed by atoms with van der Waals surface area (Å²) in [7, 11) is 0. The summed E-state index contributed by atoms with van der Waals surface area (Å²) in [5, 5.41) is 3.43. The Labute approximate surface area is 139 Å². The zero-order valence-electron chi connectivity index (χ0n) is 13.3. The summed E-state index contributed by atoms with van der Waals surface area (Å²) in [4.78, 5) is 4.67. The molecular formula is C19H19F2N3. The molecule has 1 atom stereocenters. The van der Waals surface area contributed by atoms with Gasteiger partial charge in [-0.2, -0.15) is 0 Å². The van der Waals surface area contributed by atoms with Crippen molar-refractivity contribution in [1.29, 1.82) is 0 Å². The van der Waals surface area contributed by atoms with Crippen LogP contribution in [0.5, 0.6) is 0 Å². The van der Waals surface area contributed by atoms with Gasteiger partial charge in [-0.15, -0.1) is 0 Å². The third-order valence-electron chi connectivity index (χ3n) is 4.67. The molecule has 0 aliphatic carbocycles. The maximum atomic E-state index is 13.7. The molecule has 0 amide bonds. The Bertz CT molecular complexity index is 866. The van der Waals surface area contributed by atoms with Crippen molar-refractivity contribution < 1.29 is 8.78 Å². The number of fused-ring (bicyclic) bond motifs is 1. The van der Waals surface area contributed by atoms with Gasteiger partial charge in [-0.3, -0.25) is 0 Å². The van der Waals surface area contributed by atoms with Gasteiger partial charge in [0.1, 0.15) is 5.82 Å². The minimum atomic E-state index is -0.842. The lowest BCUT2D eigenvalue weighted by Crippen LogP contribution is -2.32. The normalized spacial score (nSPS) is 18.2. The highest BCUT2D eigenvalue weighted by molar-refractivity contribution is 5.80. The van der Waals surface area contributed by atoms with Crippen LogP contribution in [0.4, 0.5) is 8.78 Å². The van der Waals surface area contributed by atoms with Gasteiger partial charge in [-0.25, -0.2) is 13.8 Å². The molecule has 2 heterocycles. The van der Waals surface area contributed by atoms with Gasteiger partial charge < -0.3 is 9.88 Å². The Kier molecular flexibility index (Phi) is 4.02. The van der Waals surface area contributed by atoms with Crippen LogP contribution in [0.2, 0.25) is 0 Å². The molecule has 124 valence electrons. The molecule has 0 spiro atoms. The molecule has 0 bridgehead atoms. The molecule has 1 aliphatic rings. The Morgan fingerprint density at radius 3 is 2.79 bits per heavy atom. The van der Waals surface area contributed by atoms with Crippen molar-refractivity contribution in [2.45, 2.75) is 19.4 Å². The van der Waals surface area contributed by atoms with Crippen LogP contribution >= 0.6 is 0 Å². The summed E-state index contributed by atoms with van der Waals surface area (Å²) < 4.78 is 29.1. The number of piperidine rings is 1. The third-order valence-corrected chi connectivity index (χ3v) is 4.67. The molecule has 3 aromatic rings. The monoisotopic (exact) mass is 327 g/mol. The van der Waals surface area contributed by atoms with Crippen molar-refractivity contribution in [1.82, 2.24) is 14.9 Å². The fourth-order valence-electron chi connectivity index (χ4n) is 3.45. The van der Waals surface area contributed by atoms with Gasteiger partial charge in [0.15, 0.2) is 11.6 Å². The Balaban J connectivity index is 1.81. The molecule has 3 nitrogen and oxygen atoms in total. The van der Waals surface area contributed by atoms with Crippen LogP contribution in [-0.2, 0) is 6.54 Å². The summed E-state index contributed by atoms with van der Waals surface area (Å²) in [6.45, 7) is 2.86. The van der Waals surface area contributed by atoms with Crippen LogP contribution in [-0.4, -0.2) is 22.6 Å². The largest absolute Gasteiger partial charge is 0.324 e. The number of halogens is 2. The van der Waals surface area contributed by atoms with Gasteiger partial charge in [0.2, 0.25) is 0 Å². The summed E-state index contributed by atoms with van der Waals surface area (Å²) in [5.41, 5.74) is 2.51. The SMILES string of the molecule is Fc1ccc(-c2nc3ccccc3n2CC2CCCNC2)cc1F. The highest BCUT2D eigenvalue weighted by Crippen LogP contribution is 2.28. The number of para-hydroxylation sites is 2. The van der Waals surface area contributed by atoms with E-state index in [1.807, 2.05) is 24.3 Å². The third kappa shape index (κ3) is 2.80. The predicted octanol–water partition coefficient (Wildman–Crippen LogP) is 3.98. The molecule has 1 aliphatic heterocycles. The number of benzene rings is 2. The molecule has 5 heteroatoms. The summed E-state index contributed by atoms with van der Waals surface area (Å²) >= 11 is 0. The average Bonchev–Trinajstić information content (AvgIpc) is 2.97. The van der Waals surface area contributed by atoms with E-state index in [4.69, 9.17) is 0 Å². The van der Waals surface area contributed by atoms with Crippen LogP contribution in [0, 0.1) is 17.6 Å². The van der Waals surface area contributed by atoms with Crippen molar-refractivity contribution in [3.63, 3.8) is 0 Å². The second-order valence-electron chi connectivity index (χ2n) is 6.38. The first-order chi connectivity index (χ1) is 11.7. The molecule has 1 fully saturated rings. The second kappa shape index (κ2) is 6.32. The summed E-state index contributed by atoms with van der Waals surface area (Å²) in [6.07, 6.45) is 2.33. The number of hydrogen-bond donors (Lipinski definition) is 1. The van der Waals surface area contributed by atoms with E-state index in [9.17, 15) is 8.78 Å². The second-order valence-corrected chi connectivity index (χ2v) is 6.38. The van der Waals surface area contributed by atoms with E-state index >= 15 is 0 Å². The van der Waals surface area contributed by atoms with Crippen molar-refractivity contribution in [2.24, 2.45) is 5.92 Å². The Morgan fingerprint density at radius 1 is 1.12 bits per heavy atom. The number of aromatic nitrogens is 2. The molecule has 0 radical (unpaired) electrons. The first kappa shape index (κ1) is 15.3. The molecule has 1 unspecified atom stereocenters. The first-order valence-corrected chi connectivity index (χ1v) is 8.34. The lowest BCUT2D eigenvalue weighted by atomic mass is 9.99. The highest BCUT2D eigenvalue weighted by atomic mass is 19.2. The quantitative estimate of drug-likeness (QED) is 0.788. The zero-order chi connectivity index (χ0) is 16.5. The first-order valence-electron chi connectivity index (χ1n) is 8.34. The van der Waals surface area contributed by atoms with Crippen LogP contribution < -0.4 is 5.32 Å². The summed E-state index contributed by atoms with van der Waals surface area (Å²) in [5.74, 6) is -0.468. The zero-order valence-corrected chi connectivity index (χ0v) is 13.3. The lowest BCUT2D eigenvalue weighted by molar-refractivity contribution is 0.341. The van der Waals surface area contributed by atoms with Crippen molar-refractivity contribution >= 4 is 11.0 Å². The fraction of sp³-hybridized carbons (Fsp3) is 0.316. The standard InChI is InChI=1S/C19H19F2N3/c20-15-8-7-14(10-16(15)21)19-23-17-5-1-2-6-18(17)24(19)12-13-4-3-9-22-11-13/h1-2,5-8,10,13,22H,3-4,9,11-12H2. The van der Waals surface area contributed by atoms with E-state index < -0.39 is 11.6 Å². The van der Waals surface area contributed by atoms with Crippen molar-refractivity contribution in [3.05, 3.63) is 54.1 Å². The van der Waals surface area contributed by atoms with Gasteiger partial charge in [-0.05, 0) is 62.2 Å². The molecule has 24 heavy (non-hydrogen) atoms. The molecule has 0 saturated carbocycles. The van der Waals surface area contributed by atoms with E-state index in [2.05, 4.69) is 14.9 Å². The highest BCUT2D eigenvalue weighted by Gasteiger charge is 2.19. The predicted molar refractivity (Wildman–Crippen MR) is 90.7 cm³/mol. The topological polar surface area (TPSA) is 29.9 Å². The van der Waals surface area contributed by atoms with Gasteiger partial charge in [0, 0.05) is 12.1 Å². The maximum Gasteiger partial charge on any atom is 0.159 e. The van der Waals surface area contributed by atoms with Crippen LogP contribution in [0.15, 0.2) is 42.5 Å². The van der Waals surface area contributed by atoms with E-state index in [0.717, 1.165) is 49.6 Å². The van der Waals surface area contributed by atoms with Gasteiger partial charge in [-0.1, -0.05) is 12.1 Å². The molecule has 1 N–H and O–H groups in total. The fourth-order valence-corrected chi connectivity index (χ4v) is 3.45. The summed E-state index contributed by atoms with van der Waals surface area (Å²) in [6, 6.07) is 11.9. The number of hydrogen-bond acceptors (Lipinski definition) is 2. The van der Waals surface area contributed by atoms with Crippen LogP contribution in [0.3, 0.4) is 0 Å². The number of nitrogens with one attached hydrogen (secondary N) is 1. The Hall–Kier alpha value is -2.27. The molecule has 4 rings (SSSR count). The van der Waals surface area contributed by atoms with E-state index in [1.165, 1.54) is 6.07 Å². The number of imidazole rings is 1. The van der Waals surface area contributed by atoms with Crippen LogP contribution in [0.25, 0.3) is 22.4 Å². The maximum absolute atomic E-state index is 13.7. The van der Waals surface area contributed by atoms with Crippen molar-refractivity contribution in [2.75, 3.05) is 13.1 Å². The average molecular weight is 327 g/mol. The van der Waals surface area contributed by atoms with Gasteiger partial charge in [0.25, 0.3) is 0 Å². The molecule has 1 aromatic heterocycles. The van der Waals surface area contributed by atoms with E-state index in [1.54, 1.807) is 6.07 Å². The molecule has 1 saturated heterocycles. The smallest absolute Gasteiger partial charge is 0.159 e. The number of rotatable bonds is 3. The van der Waals surface area contributed by atoms with Gasteiger partial charge in [0.05, 0.1) is 11.0 Å². The van der Waals surface area contributed by atoms with E-state index in [-0.39, 0.29) is 0 Å². The minimum absolute atomic E-state index is 0.514. The Morgan fingerprint density at radius 2 is 2.00 bits per heavy atom.